The van der Waals surface area contributed by atoms with Crippen LogP contribution in [0.3, 0.4) is 0 Å². The average Bonchev–Trinajstić information content (AvgIpc) is 3.11. The van der Waals surface area contributed by atoms with Crippen molar-refractivity contribution in [2.24, 2.45) is 0 Å². The number of nitrogens with zero attached hydrogens (tertiary/aromatic N) is 5. The van der Waals surface area contributed by atoms with Gasteiger partial charge in [-0.2, -0.15) is 0 Å². The van der Waals surface area contributed by atoms with Crippen LogP contribution in [0.5, 0.6) is 0 Å². The van der Waals surface area contributed by atoms with Crippen LogP contribution in [0.2, 0.25) is 0 Å². The zero-order valence-electron chi connectivity index (χ0n) is 15.0. The zero-order chi connectivity index (χ0) is 17.9. The number of pyridine rings is 1. The fraction of sp³-hybridized carbons (Fsp3) is 0.350. The van der Waals surface area contributed by atoms with Gasteiger partial charge in [-0.1, -0.05) is 37.3 Å². The monoisotopic (exact) mass is 349 g/mol. The highest BCUT2D eigenvalue weighted by Crippen LogP contribution is 2.13. The van der Waals surface area contributed by atoms with Crippen molar-refractivity contribution in [3.63, 3.8) is 0 Å². The molecule has 1 aliphatic rings. The van der Waals surface area contributed by atoms with Crippen molar-refractivity contribution in [3.05, 3.63) is 65.6 Å². The Kier molecular flexibility index (Phi) is 4.67. The van der Waals surface area contributed by atoms with Gasteiger partial charge in [-0.05, 0) is 17.7 Å². The maximum atomic E-state index is 12.9. The van der Waals surface area contributed by atoms with Crippen LogP contribution in [0.4, 0.5) is 0 Å². The fourth-order valence-corrected chi connectivity index (χ4v) is 3.44. The summed E-state index contributed by atoms with van der Waals surface area (Å²) in [6, 6.07) is 14.2. The maximum absolute atomic E-state index is 12.9. The number of carbonyl (C=O) groups excluding carboxylic acids is 1. The molecular formula is C20H23N5O. The number of rotatable bonds is 4. The molecule has 1 fully saturated rings. The minimum atomic E-state index is 0.0852. The van der Waals surface area contributed by atoms with E-state index in [1.54, 1.807) is 0 Å². The van der Waals surface area contributed by atoms with Crippen LogP contribution in [-0.2, 0) is 13.0 Å². The molecule has 0 aliphatic carbocycles. The second kappa shape index (κ2) is 7.25. The molecule has 4 rings (SSSR count). The predicted octanol–water partition coefficient (Wildman–Crippen LogP) is 2.25. The number of fused-ring (bicyclic) bond motifs is 1. The number of amides is 1. The van der Waals surface area contributed by atoms with Crippen molar-refractivity contribution in [2.45, 2.75) is 19.9 Å². The first-order chi connectivity index (χ1) is 12.7. The van der Waals surface area contributed by atoms with Gasteiger partial charge < -0.3 is 4.90 Å². The molecule has 0 saturated carbocycles. The number of hydrogen-bond acceptors (Lipinski definition) is 4. The molecule has 134 valence electrons. The van der Waals surface area contributed by atoms with Crippen molar-refractivity contribution in [1.82, 2.24) is 24.4 Å². The molecule has 1 saturated heterocycles. The van der Waals surface area contributed by atoms with Crippen molar-refractivity contribution in [3.8, 4) is 0 Å². The number of aromatic nitrogens is 3. The van der Waals surface area contributed by atoms with Crippen molar-refractivity contribution in [2.75, 3.05) is 26.2 Å². The number of carbonyl (C=O) groups is 1. The van der Waals surface area contributed by atoms with Gasteiger partial charge in [0.15, 0.2) is 5.65 Å². The van der Waals surface area contributed by atoms with E-state index in [9.17, 15) is 4.79 Å². The Balaban J connectivity index is 1.42. The summed E-state index contributed by atoms with van der Waals surface area (Å²) in [5, 5.41) is 8.29. The topological polar surface area (TPSA) is 53.7 Å². The first-order valence-corrected chi connectivity index (χ1v) is 9.14. The Labute approximate surface area is 153 Å². The molecule has 1 aliphatic heterocycles. The van der Waals surface area contributed by atoms with Gasteiger partial charge >= 0.3 is 0 Å². The normalized spacial score (nSPS) is 15.5. The number of benzene rings is 1. The summed E-state index contributed by atoms with van der Waals surface area (Å²) in [7, 11) is 0. The van der Waals surface area contributed by atoms with Gasteiger partial charge in [0.25, 0.3) is 5.91 Å². The maximum Gasteiger partial charge on any atom is 0.255 e. The van der Waals surface area contributed by atoms with Crippen LogP contribution < -0.4 is 0 Å². The quantitative estimate of drug-likeness (QED) is 0.725. The van der Waals surface area contributed by atoms with Crippen LogP contribution in [0.25, 0.3) is 5.65 Å². The molecule has 6 heteroatoms. The lowest BCUT2D eigenvalue weighted by Gasteiger charge is -2.34. The number of piperazine rings is 1. The summed E-state index contributed by atoms with van der Waals surface area (Å²) in [4.78, 5) is 17.2. The molecule has 0 spiro atoms. The van der Waals surface area contributed by atoms with Crippen molar-refractivity contribution >= 4 is 11.6 Å². The molecular weight excluding hydrogens is 326 g/mol. The third kappa shape index (κ3) is 3.32. The molecule has 0 atom stereocenters. The largest absolute Gasteiger partial charge is 0.336 e. The first-order valence-electron chi connectivity index (χ1n) is 9.14. The Morgan fingerprint density at radius 3 is 2.50 bits per heavy atom. The van der Waals surface area contributed by atoms with Gasteiger partial charge in [-0.3, -0.25) is 14.1 Å². The average molecular weight is 349 g/mol. The summed E-state index contributed by atoms with van der Waals surface area (Å²) in [6.07, 6.45) is 2.66. The van der Waals surface area contributed by atoms with Crippen LogP contribution in [0.15, 0.2) is 48.7 Å². The van der Waals surface area contributed by atoms with E-state index in [0.29, 0.717) is 5.56 Å². The Morgan fingerprint density at radius 2 is 1.77 bits per heavy atom. The van der Waals surface area contributed by atoms with Crippen molar-refractivity contribution in [1.29, 1.82) is 0 Å². The van der Waals surface area contributed by atoms with E-state index in [-0.39, 0.29) is 5.91 Å². The molecule has 0 bridgehead atoms. The first kappa shape index (κ1) is 16.7. The van der Waals surface area contributed by atoms with Crippen LogP contribution in [0.1, 0.15) is 28.7 Å². The Bertz CT molecular complexity index is 897. The summed E-state index contributed by atoms with van der Waals surface area (Å²) in [5.41, 5.74) is 2.80. The molecule has 0 N–H and O–H groups in total. The smallest absolute Gasteiger partial charge is 0.255 e. The van der Waals surface area contributed by atoms with Gasteiger partial charge in [0.1, 0.15) is 5.82 Å². The molecule has 0 radical (unpaired) electrons. The van der Waals surface area contributed by atoms with Crippen molar-refractivity contribution < 1.29 is 4.79 Å². The lowest BCUT2D eigenvalue weighted by atomic mass is 10.2. The molecule has 1 amide bonds. The van der Waals surface area contributed by atoms with Gasteiger partial charge in [0.2, 0.25) is 0 Å². The molecule has 3 heterocycles. The van der Waals surface area contributed by atoms with Gasteiger partial charge in [-0.15, -0.1) is 10.2 Å². The lowest BCUT2D eigenvalue weighted by Crippen LogP contribution is -2.48. The van der Waals surface area contributed by atoms with Crippen LogP contribution in [0, 0.1) is 0 Å². The van der Waals surface area contributed by atoms with Gasteiger partial charge in [-0.25, -0.2) is 0 Å². The summed E-state index contributed by atoms with van der Waals surface area (Å²) in [6.45, 7) is 6.29. The summed E-state index contributed by atoms with van der Waals surface area (Å²) >= 11 is 0. The highest BCUT2D eigenvalue weighted by Gasteiger charge is 2.22. The summed E-state index contributed by atoms with van der Waals surface area (Å²) < 4.78 is 1.92. The van der Waals surface area contributed by atoms with E-state index in [0.717, 1.165) is 50.6 Å². The highest BCUT2D eigenvalue weighted by atomic mass is 16.2. The Morgan fingerprint density at radius 1 is 1.00 bits per heavy atom. The minimum Gasteiger partial charge on any atom is -0.336 e. The second-order valence-corrected chi connectivity index (χ2v) is 6.67. The van der Waals surface area contributed by atoms with E-state index in [1.807, 2.05) is 40.6 Å². The molecule has 26 heavy (non-hydrogen) atoms. The minimum absolute atomic E-state index is 0.0852. The predicted molar refractivity (Wildman–Crippen MR) is 100.0 cm³/mol. The third-order valence-electron chi connectivity index (χ3n) is 4.94. The lowest BCUT2D eigenvalue weighted by molar-refractivity contribution is 0.0628. The van der Waals surface area contributed by atoms with Crippen LogP contribution in [-0.4, -0.2) is 56.5 Å². The molecule has 1 aromatic carbocycles. The van der Waals surface area contributed by atoms with E-state index in [4.69, 9.17) is 0 Å². The van der Waals surface area contributed by atoms with E-state index >= 15 is 0 Å². The summed E-state index contributed by atoms with van der Waals surface area (Å²) in [5.74, 6) is 0.962. The van der Waals surface area contributed by atoms with Gasteiger partial charge in [0, 0.05) is 45.3 Å². The highest BCUT2D eigenvalue weighted by molar-refractivity contribution is 5.94. The van der Waals surface area contributed by atoms with E-state index in [1.165, 1.54) is 5.56 Å². The van der Waals surface area contributed by atoms with Gasteiger partial charge in [0.05, 0.1) is 5.56 Å². The van der Waals surface area contributed by atoms with Crippen LogP contribution >= 0.6 is 0 Å². The standard InChI is InChI=1S/C20H23N5O/c1-2-18-21-22-19-9-8-17(15-25(18)19)20(26)24-12-10-23(11-13-24)14-16-6-4-3-5-7-16/h3-9,15H,2,10-14H2,1H3. The molecule has 3 aromatic rings. The molecule has 0 unspecified atom stereocenters. The number of hydrogen-bond donors (Lipinski definition) is 0. The second-order valence-electron chi connectivity index (χ2n) is 6.67. The number of aryl methyl sites for hydroxylation is 1. The van der Waals surface area contributed by atoms with E-state index in [2.05, 4.69) is 39.4 Å². The molecule has 6 nitrogen and oxygen atoms in total. The SMILES string of the molecule is CCc1nnc2ccc(C(=O)N3CCN(Cc4ccccc4)CC3)cn12. The Hall–Kier alpha value is -2.73. The molecule has 2 aromatic heterocycles. The zero-order valence-corrected chi connectivity index (χ0v) is 15.0. The third-order valence-corrected chi connectivity index (χ3v) is 4.94. The fourth-order valence-electron chi connectivity index (χ4n) is 3.44. The van der Waals surface area contributed by atoms with E-state index < -0.39 is 0 Å².